The van der Waals surface area contributed by atoms with Gasteiger partial charge in [-0.15, -0.1) is 0 Å². The van der Waals surface area contributed by atoms with Crippen LogP contribution in [0.15, 0.2) is 18.2 Å². The quantitative estimate of drug-likeness (QED) is 0.781. The predicted molar refractivity (Wildman–Crippen MR) is 91.3 cm³/mol. The van der Waals surface area contributed by atoms with Crippen LogP contribution in [0.3, 0.4) is 0 Å². The monoisotopic (exact) mass is 335 g/mol. The van der Waals surface area contributed by atoms with Crippen molar-refractivity contribution in [1.82, 2.24) is 10.6 Å². The van der Waals surface area contributed by atoms with Gasteiger partial charge in [-0.1, -0.05) is 12.5 Å². The van der Waals surface area contributed by atoms with E-state index in [1.54, 1.807) is 6.07 Å². The first kappa shape index (κ1) is 17.2. The number of nitrogens with zero attached hydrogens (tertiary/aromatic N) is 1. The Kier molecular flexibility index (Phi) is 5.68. The van der Waals surface area contributed by atoms with Gasteiger partial charge in [0.15, 0.2) is 0 Å². The molecule has 3 rings (SSSR count). The normalized spacial score (nSPS) is 22.4. The van der Waals surface area contributed by atoms with Crippen LogP contribution in [0.1, 0.15) is 37.7 Å². The maximum Gasteiger partial charge on any atom is 0.237 e. The van der Waals surface area contributed by atoms with Crippen LogP contribution in [-0.2, 0) is 11.3 Å². The molecule has 3 N–H and O–H groups in total. The molecule has 2 saturated heterocycles. The van der Waals surface area contributed by atoms with Gasteiger partial charge in [0.25, 0.3) is 0 Å². The summed E-state index contributed by atoms with van der Waals surface area (Å²) in [5.74, 6) is -0.280. The lowest BCUT2D eigenvalue weighted by molar-refractivity contribution is -0.123. The zero-order chi connectivity index (χ0) is 16.9. The van der Waals surface area contributed by atoms with E-state index in [0.717, 1.165) is 31.4 Å². The van der Waals surface area contributed by atoms with E-state index in [9.17, 15) is 14.3 Å². The number of piperidine rings is 2. The van der Waals surface area contributed by atoms with Gasteiger partial charge in [-0.2, -0.15) is 0 Å². The van der Waals surface area contributed by atoms with Crippen molar-refractivity contribution in [3.8, 4) is 0 Å². The summed E-state index contributed by atoms with van der Waals surface area (Å²) in [6, 6.07) is 5.00. The van der Waals surface area contributed by atoms with Crippen molar-refractivity contribution in [2.45, 2.75) is 50.8 Å². The van der Waals surface area contributed by atoms with Gasteiger partial charge in [-0.3, -0.25) is 4.79 Å². The lowest BCUT2D eigenvalue weighted by atomic mass is 10.0. The summed E-state index contributed by atoms with van der Waals surface area (Å²) in [5.41, 5.74) is 1.34. The van der Waals surface area contributed by atoms with Crippen molar-refractivity contribution in [2.24, 2.45) is 0 Å². The topological polar surface area (TPSA) is 64.6 Å². The van der Waals surface area contributed by atoms with Crippen LogP contribution in [0, 0.1) is 5.82 Å². The Morgan fingerprint density at radius 2 is 2.08 bits per heavy atom. The number of aliphatic hydroxyl groups is 1. The van der Waals surface area contributed by atoms with Crippen molar-refractivity contribution in [2.75, 3.05) is 24.5 Å². The first-order chi connectivity index (χ1) is 11.6. The molecule has 24 heavy (non-hydrogen) atoms. The zero-order valence-corrected chi connectivity index (χ0v) is 13.9. The molecule has 0 aromatic heterocycles. The molecule has 2 fully saturated rings. The standard InChI is InChI=1S/C18H26FN3O2/c19-15-11-13(12-21-18(24)16-3-1-2-8-20-16)4-5-17(15)22-9-6-14(23)7-10-22/h4-5,11,14,16,20,23H,1-3,6-10,12H2,(H,21,24)/t16-/m1/s1. The number of amides is 1. The largest absolute Gasteiger partial charge is 0.393 e. The smallest absolute Gasteiger partial charge is 0.237 e. The second-order valence-corrected chi connectivity index (χ2v) is 6.72. The number of benzene rings is 1. The fraction of sp³-hybridized carbons (Fsp3) is 0.611. The maximum atomic E-state index is 14.4. The first-order valence-corrected chi connectivity index (χ1v) is 8.86. The molecule has 1 aromatic carbocycles. The number of anilines is 1. The summed E-state index contributed by atoms with van der Waals surface area (Å²) in [7, 11) is 0. The molecular weight excluding hydrogens is 309 g/mol. The molecule has 0 spiro atoms. The van der Waals surface area contributed by atoms with Gasteiger partial charge in [0, 0.05) is 19.6 Å². The molecule has 2 aliphatic rings. The third kappa shape index (κ3) is 4.24. The highest BCUT2D eigenvalue weighted by Gasteiger charge is 2.21. The van der Waals surface area contributed by atoms with Crippen molar-refractivity contribution < 1.29 is 14.3 Å². The first-order valence-electron chi connectivity index (χ1n) is 8.86. The van der Waals surface area contributed by atoms with E-state index in [1.807, 2.05) is 11.0 Å². The van der Waals surface area contributed by atoms with Crippen molar-refractivity contribution in [3.63, 3.8) is 0 Å². The molecule has 0 saturated carbocycles. The van der Waals surface area contributed by atoms with Crippen LogP contribution >= 0.6 is 0 Å². The number of hydrogen-bond donors (Lipinski definition) is 3. The van der Waals surface area contributed by atoms with Gasteiger partial charge in [0.05, 0.1) is 17.8 Å². The molecule has 5 nitrogen and oxygen atoms in total. The Labute approximate surface area is 142 Å². The lowest BCUT2D eigenvalue weighted by Crippen LogP contribution is -2.46. The zero-order valence-electron chi connectivity index (χ0n) is 13.9. The van der Waals surface area contributed by atoms with Gasteiger partial charge in [-0.05, 0) is 49.9 Å². The van der Waals surface area contributed by atoms with Crippen molar-refractivity contribution in [1.29, 1.82) is 0 Å². The summed E-state index contributed by atoms with van der Waals surface area (Å²) in [6.07, 6.45) is 4.12. The molecule has 132 valence electrons. The summed E-state index contributed by atoms with van der Waals surface area (Å²) in [5, 5.41) is 15.6. The third-order valence-corrected chi connectivity index (χ3v) is 4.91. The Morgan fingerprint density at radius 1 is 1.29 bits per heavy atom. The van der Waals surface area contributed by atoms with Crippen molar-refractivity contribution in [3.05, 3.63) is 29.6 Å². The van der Waals surface area contributed by atoms with E-state index in [2.05, 4.69) is 10.6 Å². The minimum atomic E-state index is -0.271. The molecule has 0 bridgehead atoms. The van der Waals surface area contributed by atoms with Gasteiger partial charge >= 0.3 is 0 Å². The minimum Gasteiger partial charge on any atom is -0.393 e. The second-order valence-electron chi connectivity index (χ2n) is 6.72. The molecule has 6 heteroatoms. The van der Waals surface area contributed by atoms with Gasteiger partial charge in [0.1, 0.15) is 5.82 Å². The summed E-state index contributed by atoms with van der Waals surface area (Å²) in [6.45, 7) is 2.56. The second kappa shape index (κ2) is 7.94. The fourth-order valence-corrected chi connectivity index (χ4v) is 3.41. The van der Waals surface area contributed by atoms with Crippen LogP contribution < -0.4 is 15.5 Å². The molecule has 1 aromatic rings. The molecular formula is C18H26FN3O2. The lowest BCUT2D eigenvalue weighted by Gasteiger charge is -2.31. The molecule has 2 heterocycles. The molecule has 0 aliphatic carbocycles. The van der Waals surface area contributed by atoms with Crippen LogP contribution in [0.4, 0.5) is 10.1 Å². The Bertz CT molecular complexity index is 567. The van der Waals surface area contributed by atoms with E-state index in [0.29, 0.717) is 38.2 Å². The number of nitrogens with one attached hydrogen (secondary N) is 2. The average Bonchev–Trinajstić information content (AvgIpc) is 2.61. The third-order valence-electron chi connectivity index (χ3n) is 4.91. The predicted octanol–water partition coefficient (Wildman–Crippen LogP) is 1.55. The number of carbonyl (C=O) groups is 1. The van der Waals surface area contributed by atoms with Crippen LogP contribution in [-0.4, -0.2) is 42.8 Å². The SMILES string of the molecule is O=C(NCc1ccc(N2CCC(O)CC2)c(F)c1)[C@H]1CCCCN1. The summed E-state index contributed by atoms with van der Waals surface area (Å²) in [4.78, 5) is 14.1. The van der Waals surface area contributed by atoms with Crippen LogP contribution in [0.25, 0.3) is 0 Å². The van der Waals surface area contributed by atoms with Gasteiger partial charge < -0.3 is 20.6 Å². The van der Waals surface area contributed by atoms with E-state index in [-0.39, 0.29) is 23.9 Å². The number of rotatable bonds is 4. The molecule has 2 aliphatic heterocycles. The number of halogens is 1. The van der Waals surface area contributed by atoms with Crippen molar-refractivity contribution >= 4 is 11.6 Å². The molecule has 1 amide bonds. The summed E-state index contributed by atoms with van der Waals surface area (Å²) >= 11 is 0. The Hall–Kier alpha value is -1.66. The Balaban J connectivity index is 1.55. The summed E-state index contributed by atoms with van der Waals surface area (Å²) < 4.78 is 14.4. The van der Waals surface area contributed by atoms with Gasteiger partial charge in [-0.25, -0.2) is 4.39 Å². The molecule has 0 radical (unpaired) electrons. The highest BCUT2D eigenvalue weighted by atomic mass is 19.1. The van der Waals surface area contributed by atoms with E-state index in [4.69, 9.17) is 0 Å². The molecule has 1 atom stereocenters. The van der Waals surface area contributed by atoms with Gasteiger partial charge in [0.2, 0.25) is 5.91 Å². The maximum absolute atomic E-state index is 14.4. The number of hydrogen-bond acceptors (Lipinski definition) is 4. The Morgan fingerprint density at radius 3 is 2.75 bits per heavy atom. The van der Waals surface area contributed by atoms with Crippen LogP contribution in [0.5, 0.6) is 0 Å². The molecule has 0 unspecified atom stereocenters. The van der Waals surface area contributed by atoms with E-state index in [1.165, 1.54) is 6.07 Å². The minimum absolute atomic E-state index is 0.01000. The van der Waals surface area contributed by atoms with E-state index < -0.39 is 0 Å². The fourth-order valence-electron chi connectivity index (χ4n) is 3.41. The average molecular weight is 335 g/mol. The van der Waals surface area contributed by atoms with E-state index >= 15 is 0 Å². The highest BCUT2D eigenvalue weighted by molar-refractivity contribution is 5.81. The highest BCUT2D eigenvalue weighted by Crippen LogP contribution is 2.24. The van der Waals surface area contributed by atoms with Crippen LogP contribution in [0.2, 0.25) is 0 Å². The number of carbonyl (C=O) groups excluding carboxylic acids is 1. The number of aliphatic hydroxyl groups excluding tert-OH is 1.